The largest absolute Gasteiger partial charge is 0.492 e. The van der Waals surface area contributed by atoms with Crippen molar-refractivity contribution in [3.05, 3.63) is 30.0 Å². The minimum Gasteiger partial charge on any atom is -0.492 e. The SMILES string of the molecule is c1cc(OCCN2CCOCC2)c2c(C3CCOCC3)c[nH]c2c1. The summed E-state index contributed by atoms with van der Waals surface area (Å²) in [6, 6.07) is 6.29. The van der Waals surface area contributed by atoms with E-state index in [1.807, 2.05) is 0 Å². The number of morpholine rings is 1. The van der Waals surface area contributed by atoms with Crippen LogP contribution in [0.25, 0.3) is 10.9 Å². The lowest BCUT2D eigenvalue weighted by atomic mass is 9.91. The summed E-state index contributed by atoms with van der Waals surface area (Å²) in [5.41, 5.74) is 2.55. The standard InChI is InChI=1S/C19H26N2O3/c1-2-17-19(16(14-20-17)15-4-9-22-10-5-15)18(3-1)24-13-8-21-6-11-23-12-7-21/h1-3,14-15,20H,4-13H2. The first kappa shape index (κ1) is 15.9. The molecule has 130 valence electrons. The minimum atomic E-state index is 0.566. The fourth-order valence-electron chi connectivity index (χ4n) is 3.74. The van der Waals surface area contributed by atoms with Gasteiger partial charge >= 0.3 is 0 Å². The van der Waals surface area contributed by atoms with Crippen LogP contribution in [0.5, 0.6) is 5.75 Å². The van der Waals surface area contributed by atoms with Gasteiger partial charge in [-0.1, -0.05) is 6.07 Å². The monoisotopic (exact) mass is 330 g/mol. The molecule has 3 heterocycles. The number of benzene rings is 1. The molecule has 1 aromatic carbocycles. The number of nitrogens with zero attached hydrogens (tertiary/aromatic N) is 1. The molecule has 5 nitrogen and oxygen atoms in total. The molecule has 0 spiro atoms. The summed E-state index contributed by atoms with van der Waals surface area (Å²) >= 11 is 0. The summed E-state index contributed by atoms with van der Waals surface area (Å²) < 4.78 is 17.1. The summed E-state index contributed by atoms with van der Waals surface area (Å²) in [7, 11) is 0. The molecule has 1 aromatic heterocycles. The van der Waals surface area contributed by atoms with Gasteiger partial charge < -0.3 is 19.2 Å². The Labute approximate surface area is 142 Å². The van der Waals surface area contributed by atoms with E-state index in [4.69, 9.17) is 14.2 Å². The van der Waals surface area contributed by atoms with Crippen LogP contribution < -0.4 is 4.74 Å². The van der Waals surface area contributed by atoms with E-state index in [0.717, 1.165) is 71.3 Å². The second kappa shape index (κ2) is 7.55. The van der Waals surface area contributed by atoms with E-state index in [-0.39, 0.29) is 0 Å². The predicted octanol–water partition coefficient (Wildman–Crippen LogP) is 2.77. The molecule has 24 heavy (non-hydrogen) atoms. The van der Waals surface area contributed by atoms with Gasteiger partial charge in [-0.15, -0.1) is 0 Å². The summed E-state index contributed by atoms with van der Waals surface area (Å²) in [6.07, 6.45) is 4.35. The fraction of sp³-hybridized carbons (Fsp3) is 0.579. The van der Waals surface area contributed by atoms with E-state index >= 15 is 0 Å². The van der Waals surface area contributed by atoms with E-state index in [0.29, 0.717) is 5.92 Å². The van der Waals surface area contributed by atoms with Crippen LogP contribution in [-0.2, 0) is 9.47 Å². The van der Waals surface area contributed by atoms with Crippen LogP contribution >= 0.6 is 0 Å². The molecule has 2 fully saturated rings. The molecule has 1 N–H and O–H groups in total. The number of ether oxygens (including phenoxy) is 3. The Bertz CT molecular complexity index is 658. The lowest BCUT2D eigenvalue weighted by Gasteiger charge is -2.26. The lowest BCUT2D eigenvalue weighted by Crippen LogP contribution is -2.38. The van der Waals surface area contributed by atoms with Crippen molar-refractivity contribution in [2.45, 2.75) is 18.8 Å². The Hall–Kier alpha value is -1.56. The molecule has 4 rings (SSSR count). The second-order valence-electron chi connectivity index (χ2n) is 6.61. The number of fused-ring (bicyclic) bond motifs is 1. The zero-order valence-electron chi connectivity index (χ0n) is 14.1. The number of hydrogen-bond acceptors (Lipinski definition) is 4. The van der Waals surface area contributed by atoms with Crippen LogP contribution in [-0.4, -0.2) is 62.6 Å². The third-order valence-electron chi connectivity index (χ3n) is 5.13. The molecule has 2 aliphatic heterocycles. The number of nitrogens with one attached hydrogen (secondary N) is 1. The van der Waals surface area contributed by atoms with Gasteiger partial charge in [0.15, 0.2) is 0 Å². The highest BCUT2D eigenvalue weighted by Crippen LogP contribution is 2.37. The summed E-state index contributed by atoms with van der Waals surface area (Å²) in [6.45, 7) is 7.07. The molecule has 0 aliphatic carbocycles. The molecule has 0 unspecified atom stereocenters. The van der Waals surface area contributed by atoms with E-state index in [9.17, 15) is 0 Å². The third kappa shape index (κ3) is 3.43. The number of H-pyrrole nitrogens is 1. The lowest BCUT2D eigenvalue weighted by molar-refractivity contribution is 0.0323. The highest BCUT2D eigenvalue weighted by atomic mass is 16.5. The van der Waals surface area contributed by atoms with Crippen LogP contribution in [0.1, 0.15) is 24.3 Å². The van der Waals surface area contributed by atoms with Gasteiger partial charge in [-0.3, -0.25) is 4.90 Å². The number of aromatic nitrogens is 1. The Kier molecular flexibility index (Phi) is 5.02. The maximum atomic E-state index is 6.18. The van der Waals surface area contributed by atoms with E-state index in [2.05, 4.69) is 34.3 Å². The van der Waals surface area contributed by atoms with Gasteiger partial charge in [0.25, 0.3) is 0 Å². The van der Waals surface area contributed by atoms with Crippen molar-refractivity contribution in [3.8, 4) is 5.75 Å². The smallest absolute Gasteiger partial charge is 0.129 e. The molecular weight excluding hydrogens is 304 g/mol. The van der Waals surface area contributed by atoms with Gasteiger partial charge in [0.2, 0.25) is 0 Å². The highest BCUT2D eigenvalue weighted by molar-refractivity contribution is 5.89. The van der Waals surface area contributed by atoms with Crippen LogP contribution in [0.15, 0.2) is 24.4 Å². The molecule has 2 aromatic rings. The van der Waals surface area contributed by atoms with Crippen molar-refractivity contribution in [1.29, 1.82) is 0 Å². The first-order valence-electron chi connectivity index (χ1n) is 9.02. The van der Waals surface area contributed by atoms with E-state index < -0.39 is 0 Å². The molecule has 0 radical (unpaired) electrons. The maximum Gasteiger partial charge on any atom is 0.129 e. The van der Waals surface area contributed by atoms with Crippen LogP contribution in [0.4, 0.5) is 0 Å². The van der Waals surface area contributed by atoms with Crippen molar-refractivity contribution in [2.24, 2.45) is 0 Å². The van der Waals surface area contributed by atoms with Gasteiger partial charge in [0.1, 0.15) is 12.4 Å². The maximum absolute atomic E-state index is 6.18. The normalized spacial score (nSPS) is 20.5. The minimum absolute atomic E-state index is 0.566. The number of hydrogen-bond donors (Lipinski definition) is 1. The summed E-state index contributed by atoms with van der Waals surface area (Å²) in [5.74, 6) is 1.57. The number of aromatic amines is 1. The molecule has 0 saturated carbocycles. The van der Waals surface area contributed by atoms with Crippen molar-refractivity contribution < 1.29 is 14.2 Å². The van der Waals surface area contributed by atoms with Gasteiger partial charge in [-0.25, -0.2) is 0 Å². The zero-order chi connectivity index (χ0) is 16.2. The van der Waals surface area contributed by atoms with Gasteiger partial charge in [-0.05, 0) is 36.5 Å². The summed E-state index contributed by atoms with van der Waals surface area (Å²) in [4.78, 5) is 5.82. The highest BCUT2D eigenvalue weighted by Gasteiger charge is 2.21. The molecule has 0 amide bonds. The Balaban J connectivity index is 1.48. The second-order valence-corrected chi connectivity index (χ2v) is 6.61. The van der Waals surface area contributed by atoms with E-state index in [1.165, 1.54) is 16.5 Å². The van der Waals surface area contributed by atoms with Crippen LogP contribution in [0.2, 0.25) is 0 Å². The molecule has 2 saturated heterocycles. The average Bonchev–Trinajstić information content (AvgIpc) is 3.08. The first-order chi connectivity index (χ1) is 11.9. The van der Waals surface area contributed by atoms with Crippen molar-refractivity contribution in [1.82, 2.24) is 9.88 Å². The first-order valence-corrected chi connectivity index (χ1v) is 9.02. The van der Waals surface area contributed by atoms with Gasteiger partial charge in [0.05, 0.1) is 13.2 Å². The van der Waals surface area contributed by atoms with E-state index in [1.54, 1.807) is 0 Å². The van der Waals surface area contributed by atoms with Crippen LogP contribution in [0.3, 0.4) is 0 Å². The number of rotatable bonds is 5. The third-order valence-corrected chi connectivity index (χ3v) is 5.13. The van der Waals surface area contributed by atoms with Gasteiger partial charge in [0, 0.05) is 49.9 Å². The molecule has 5 heteroatoms. The van der Waals surface area contributed by atoms with Gasteiger partial charge in [-0.2, -0.15) is 0 Å². The molecular formula is C19H26N2O3. The van der Waals surface area contributed by atoms with Crippen LogP contribution in [0, 0.1) is 0 Å². The molecule has 0 bridgehead atoms. The Morgan fingerprint density at radius 1 is 1.08 bits per heavy atom. The van der Waals surface area contributed by atoms with Crippen molar-refractivity contribution >= 4 is 10.9 Å². The quantitative estimate of drug-likeness (QED) is 0.916. The van der Waals surface area contributed by atoms with Crippen molar-refractivity contribution in [2.75, 3.05) is 52.7 Å². The average molecular weight is 330 g/mol. The Morgan fingerprint density at radius 3 is 2.71 bits per heavy atom. The predicted molar refractivity (Wildman–Crippen MR) is 93.8 cm³/mol. The zero-order valence-corrected chi connectivity index (χ0v) is 14.1. The Morgan fingerprint density at radius 2 is 1.88 bits per heavy atom. The summed E-state index contributed by atoms with van der Waals surface area (Å²) in [5, 5.41) is 1.26. The molecule has 0 atom stereocenters. The topological polar surface area (TPSA) is 46.7 Å². The molecule has 2 aliphatic rings. The van der Waals surface area contributed by atoms with Crippen molar-refractivity contribution in [3.63, 3.8) is 0 Å². The fourth-order valence-corrected chi connectivity index (χ4v) is 3.74.